The van der Waals surface area contributed by atoms with E-state index in [1.807, 2.05) is 0 Å². The van der Waals surface area contributed by atoms with Gasteiger partial charge in [0.05, 0.1) is 23.1 Å². The fourth-order valence-corrected chi connectivity index (χ4v) is 2.26. The van der Waals surface area contributed by atoms with Gasteiger partial charge in [0.1, 0.15) is 11.6 Å². The average molecular weight is 290 g/mol. The normalized spacial score (nSPS) is 12.8. The van der Waals surface area contributed by atoms with Crippen LogP contribution in [0.1, 0.15) is 18.8 Å². The number of H-pyrrole nitrogens is 1. The van der Waals surface area contributed by atoms with Gasteiger partial charge >= 0.3 is 0 Å². The van der Waals surface area contributed by atoms with Gasteiger partial charge in [0.2, 0.25) is 0 Å². The number of fused-ring (bicyclic) bond motifs is 1. The van der Waals surface area contributed by atoms with Crippen molar-refractivity contribution in [2.45, 2.75) is 13.0 Å². The molecule has 0 aliphatic rings. The third-order valence-corrected chi connectivity index (χ3v) is 3.23. The van der Waals surface area contributed by atoms with Crippen molar-refractivity contribution in [1.82, 2.24) is 19.7 Å². The van der Waals surface area contributed by atoms with Gasteiger partial charge in [0.25, 0.3) is 5.56 Å². The summed E-state index contributed by atoms with van der Waals surface area (Å²) >= 11 is 5.95. The first-order valence-electron chi connectivity index (χ1n) is 6.05. The molecule has 0 fully saturated rings. The van der Waals surface area contributed by atoms with Crippen LogP contribution in [0, 0.1) is 0 Å². The highest BCUT2D eigenvalue weighted by Crippen LogP contribution is 2.18. The first-order chi connectivity index (χ1) is 9.58. The molecule has 0 aliphatic carbocycles. The van der Waals surface area contributed by atoms with Crippen LogP contribution < -0.4 is 11.3 Å². The number of nitrogens with one attached hydrogen (secondary N) is 1. The standard InChI is InChI=1S/C13H12ClN5O/c1-7(15)12-17-10-3-2-8(14)6-9(10)13(20)19(12)11-4-5-16-18-11/h2-7H,15H2,1H3,(H,16,18)/t7-/m0/s1. The lowest BCUT2D eigenvalue weighted by Gasteiger charge is -2.14. The molecule has 1 aromatic carbocycles. The molecular weight excluding hydrogens is 278 g/mol. The van der Waals surface area contributed by atoms with Crippen molar-refractivity contribution in [3.63, 3.8) is 0 Å². The lowest BCUT2D eigenvalue weighted by Crippen LogP contribution is -2.27. The molecule has 2 heterocycles. The molecule has 3 rings (SSSR count). The fourth-order valence-electron chi connectivity index (χ4n) is 2.09. The molecular formula is C13H12ClN5O. The molecule has 0 bridgehead atoms. The number of aromatic amines is 1. The number of nitrogens with zero attached hydrogens (tertiary/aromatic N) is 3. The lowest BCUT2D eigenvalue weighted by atomic mass is 10.2. The van der Waals surface area contributed by atoms with Crippen LogP contribution in [0.2, 0.25) is 5.02 Å². The van der Waals surface area contributed by atoms with E-state index in [1.165, 1.54) is 4.57 Å². The van der Waals surface area contributed by atoms with E-state index in [0.29, 0.717) is 27.6 Å². The van der Waals surface area contributed by atoms with Gasteiger partial charge in [-0.25, -0.2) is 9.55 Å². The van der Waals surface area contributed by atoms with Gasteiger partial charge in [0, 0.05) is 11.1 Å². The van der Waals surface area contributed by atoms with E-state index in [9.17, 15) is 4.79 Å². The second kappa shape index (κ2) is 4.73. The second-order valence-corrected chi connectivity index (χ2v) is 4.94. The van der Waals surface area contributed by atoms with Crippen molar-refractivity contribution < 1.29 is 0 Å². The fraction of sp³-hybridized carbons (Fsp3) is 0.154. The molecule has 0 aliphatic heterocycles. The zero-order valence-corrected chi connectivity index (χ0v) is 11.4. The molecule has 0 amide bonds. The van der Waals surface area contributed by atoms with E-state index < -0.39 is 6.04 Å². The van der Waals surface area contributed by atoms with Crippen molar-refractivity contribution in [3.8, 4) is 5.82 Å². The molecule has 3 aromatic rings. The van der Waals surface area contributed by atoms with E-state index in [4.69, 9.17) is 17.3 Å². The zero-order valence-electron chi connectivity index (χ0n) is 10.7. The van der Waals surface area contributed by atoms with Crippen LogP contribution in [0.4, 0.5) is 0 Å². The summed E-state index contributed by atoms with van der Waals surface area (Å²) in [6.45, 7) is 1.77. The third kappa shape index (κ3) is 1.99. The van der Waals surface area contributed by atoms with Crippen LogP contribution in [-0.4, -0.2) is 19.7 Å². The van der Waals surface area contributed by atoms with Gasteiger partial charge < -0.3 is 5.73 Å². The Morgan fingerprint density at radius 2 is 2.20 bits per heavy atom. The van der Waals surface area contributed by atoms with Crippen molar-refractivity contribution in [3.05, 3.63) is 51.7 Å². The Morgan fingerprint density at radius 1 is 1.40 bits per heavy atom. The van der Waals surface area contributed by atoms with Gasteiger partial charge in [-0.05, 0) is 25.1 Å². The maximum atomic E-state index is 12.7. The Kier molecular flexibility index (Phi) is 3.04. The SMILES string of the molecule is C[C@H](N)c1nc2ccc(Cl)cc2c(=O)n1-c1ccn[nH]1. The Balaban J connectivity index is 2.44. The summed E-state index contributed by atoms with van der Waals surface area (Å²) in [5.41, 5.74) is 6.27. The Labute approximate surface area is 119 Å². The van der Waals surface area contributed by atoms with Crippen LogP contribution in [-0.2, 0) is 0 Å². The molecule has 1 atom stereocenters. The van der Waals surface area contributed by atoms with Crippen LogP contribution in [0.3, 0.4) is 0 Å². The summed E-state index contributed by atoms with van der Waals surface area (Å²) in [6, 6.07) is 6.30. The molecule has 20 heavy (non-hydrogen) atoms. The number of hydrogen-bond acceptors (Lipinski definition) is 4. The average Bonchev–Trinajstić information content (AvgIpc) is 2.92. The van der Waals surface area contributed by atoms with Crippen LogP contribution in [0.25, 0.3) is 16.7 Å². The maximum Gasteiger partial charge on any atom is 0.267 e. The Bertz CT molecular complexity index is 823. The first kappa shape index (κ1) is 12.8. The minimum Gasteiger partial charge on any atom is -0.322 e. The van der Waals surface area contributed by atoms with Gasteiger partial charge in [-0.3, -0.25) is 9.89 Å². The van der Waals surface area contributed by atoms with Crippen LogP contribution in [0.5, 0.6) is 0 Å². The Morgan fingerprint density at radius 3 is 2.85 bits per heavy atom. The molecule has 2 aromatic heterocycles. The smallest absolute Gasteiger partial charge is 0.267 e. The summed E-state index contributed by atoms with van der Waals surface area (Å²) in [4.78, 5) is 17.1. The summed E-state index contributed by atoms with van der Waals surface area (Å²) in [7, 11) is 0. The largest absolute Gasteiger partial charge is 0.322 e. The van der Waals surface area contributed by atoms with E-state index in [2.05, 4.69) is 15.2 Å². The molecule has 0 radical (unpaired) electrons. The molecule has 6 nitrogen and oxygen atoms in total. The van der Waals surface area contributed by atoms with Crippen LogP contribution >= 0.6 is 11.6 Å². The topological polar surface area (TPSA) is 89.6 Å². The zero-order chi connectivity index (χ0) is 14.3. The van der Waals surface area contributed by atoms with Crippen LogP contribution in [0.15, 0.2) is 35.3 Å². The number of aromatic nitrogens is 4. The number of hydrogen-bond donors (Lipinski definition) is 2. The first-order valence-corrected chi connectivity index (χ1v) is 6.43. The van der Waals surface area contributed by atoms with Crippen molar-refractivity contribution >= 4 is 22.5 Å². The van der Waals surface area contributed by atoms with E-state index in [-0.39, 0.29) is 5.56 Å². The highest BCUT2D eigenvalue weighted by molar-refractivity contribution is 6.31. The highest BCUT2D eigenvalue weighted by Gasteiger charge is 2.16. The monoisotopic (exact) mass is 289 g/mol. The quantitative estimate of drug-likeness (QED) is 0.752. The number of nitrogens with two attached hydrogens (primary N) is 1. The van der Waals surface area contributed by atoms with E-state index >= 15 is 0 Å². The molecule has 0 unspecified atom stereocenters. The molecule has 3 N–H and O–H groups in total. The van der Waals surface area contributed by atoms with Crippen molar-refractivity contribution in [2.75, 3.05) is 0 Å². The molecule has 7 heteroatoms. The minimum absolute atomic E-state index is 0.228. The lowest BCUT2D eigenvalue weighted by molar-refractivity contribution is 0.688. The minimum atomic E-state index is -0.397. The predicted octanol–water partition coefficient (Wildman–Crippen LogP) is 1.78. The maximum absolute atomic E-state index is 12.7. The van der Waals surface area contributed by atoms with Gasteiger partial charge in [-0.15, -0.1) is 0 Å². The molecule has 0 spiro atoms. The summed E-state index contributed by atoms with van der Waals surface area (Å²) in [5, 5.41) is 7.54. The summed E-state index contributed by atoms with van der Waals surface area (Å²) < 4.78 is 1.43. The number of halogens is 1. The van der Waals surface area contributed by atoms with E-state index in [1.54, 1.807) is 37.4 Å². The summed E-state index contributed by atoms with van der Waals surface area (Å²) in [5.74, 6) is 0.991. The summed E-state index contributed by atoms with van der Waals surface area (Å²) in [6.07, 6.45) is 1.56. The number of benzene rings is 1. The molecule has 102 valence electrons. The highest BCUT2D eigenvalue weighted by atomic mass is 35.5. The second-order valence-electron chi connectivity index (χ2n) is 4.50. The molecule has 0 saturated carbocycles. The Hall–Kier alpha value is -2.18. The van der Waals surface area contributed by atoms with Gasteiger partial charge in [0.15, 0.2) is 0 Å². The molecule has 0 saturated heterocycles. The predicted molar refractivity (Wildman–Crippen MR) is 77.1 cm³/mol. The van der Waals surface area contributed by atoms with Gasteiger partial charge in [-0.2, -0.15) is 5.10 Å². The third-order valence-electron chi connectivity index (χ3n) is 2.99. The van der Waals surface area contributed by atoms with Crippen molar-refractivity contribution in [1.29, 1.82) is 0 Å². The van der Waals surface area contributed by atoms with Crippen molar-refractivity contribution in [2.24, 2.45) is 5.73 Å². The van der Waals surface area contributed by atoms with Gasteiger partial charge in [-0.1, -0.05) is 11.6 Å². The number of rotatable bonds is 2. The van der Waals surface area contributed by atoms with E-state index in [0.717, 1.165) is 0 Å².